The molecule has 0 amide bonds. The highest BCUT2D eigenvalue weighted by atomic mass is 35.5. The molecule has 0 radical (unpaired) electrons. The fourth-order valence-electron chi connectivity index (χ4n) is 1.24. The van der Waals surface area contributed by atoms with Crippen LogP contribution >= 0.6 is 34.8 Å². The number of halogens is 3. The lowest BCUT2D eigenvalue weighted by molar-refractivity contribution is 0.233. The van der Waals surface area contributed by atoms with E-state index in [1.54, 1.807) is 12.1 Å². The van der Waals surface area contributed by atoms with E-state index in [4.69, 9.17) is 39.9 Å². The average molecular weight is 283 g/mol. The van der Waals surface area contributed by atoms with Crippen molar-refractivity contribution in [2.24, 2.45) is 5.92 Å². The van der Waals surface area contributed by atoms with E-state index in [1.807, 2.05) is 6.92 Å². The molecular formula is C11H14Cl3NO. The Balaban J connectivity index is 2.63. The van der Waals surface area contributed by atoms with Crippen molar-refractivity contribution in [2.45, 2.75) is 13.5 Å². The number of rotatable bonds is 5. The number of hydrogen-bond donors (Lipinski definition) is 2. The Hall–Kier alpha value is 0.01000. The summed E-state index contributed by atoms with van der Waals surface area (Å²) in [5.41, 5.74) is 0.793. The van der Waals surface area contributed by atoms with Gasteiger partial charge in [0.1, 0.15) is 0 Å². The Morgan fingerprint density at radius 3 is 2.50 bits per heavy atom. The summed E-state index contributed by atoms with van der Waals surface area (Å²) in [4.78, 5) is 0. The van der Waals surface area contributed by atoms with Crippen LogP contribution in [0.5, 0.6) is 0 Å². The van der Waals surface area contributed by atoms with Gasteiger partial charge in [-0.1, -0.05) is 41.7 Å². The van der Waals surface area contributed by atoms with Crippen LogP contribution in [0.1, 0.15) is 12.5 Å². The van der Waals surface area contributed by atoms with Gasteiger partial charge >= 0.3 is 0 Å². The number of aliphatic hydroxyl groups is 1. The maximum atomic E-state index is 8.87. The molecule has 5 heteroatoms. The Bertz CT molecular complexity index is 357. The Kier molecular flexibility index (Phi) is 5.87. The molecule has 1 aromatic rings. The van der Waals surface area contributed by atoms with E-state index >= 15 is 0 Å². The summed E-state index contributed by atoms with van der Waals surface area (Å²) >= 11 is 18.0. The van der Waals surface area contributed by atoms with Crippen molar-refractivity contribution in [3.63, 3.8) is 0 Å². The van der Waals surface area contributed by atoms with Crippen LogP contribution < -0.4 is 5.32 Å². The zero-order chi connectivity index (χ0) is 12.1. The van der Waals surface area contributed by atoms with Crippen LogP contribution in [0.25, 0.3) is 0 Å². The number of hydrogen-bond acceptors (Lipinski definition) is 2. The highest BCUT2D eigenvalue weighted by Crippen LogP contribution is 2.31. The third-order valence-corrected chi connectivity index (χ3v) is 3.44. The van der Waals surface area contributed by atoms with E-state index in [0.29, 0.717) is 28.2 Å². The Labute approximate surface area is 111 Å². The first kappa shape index (κ1) is 14.1. The van der Waals surface area contributed by atoms with Crippen LogP contribution in [-0.4, -0.2) is 18.3 Å². The first-order valence-electron chi connectivity index (χ1n) is 5.00. The first-order chi connectivity index (χ1) is 7.56. The summed E-state index contributed by atoms with van der Waals surface area (Å²) in [6.45, 7) is 3.36. The molecule has 2 N–H and O–H groups in total. The number of aliphatic hydroxyl groups excluding tert-OH is 1. The van der Waals surface area contributed by atoms with E-state index < -0.39 is 0 Å². The van der Waals surface area contributed by atoms with Crippen LogP contribution in [0.2, 0.25) is 15.1 Å². The predicted octanol–water partition coefficient (Wildman–Crippen LogP) is 3.36. The summed E-state index contributed by atoms with van der Waals surface area (Å²) in [5, 5.41) is 13.6. The van der Waals surface area contributed by atoms with Gasteiger partial charge < -0.3 is 10.4 Å². The molecule has 0 saturated heterocycles. The maximum Gasteiger partial charge on any atom is 0.0652 e. The molecule has 0 heterocycles. The van der Waals surface area contributed by atoms with Gasteiger partial charge in [-0.15, -0.1) is 0 Å². The highest BCUT2D eigenvalue weighted by Gasteiger charge is 2.09. The molecule has 16 heavy (non-hydrogen) atoms. The first-order valence-corrected chi connectivity index (χ1v) is 6.13. The number of nitrogens with one attached hydrogen (secondary N) is 1. The van der Waals surface area contributed by atoms with Crippen molar-refractivity contribution >= 4 is 34.8 Å². The lowest BCUT2D eigenvalue weighted by atomic mass is 10.2. The second-order valence-electron chi connectivity index (χ2n) is 3.74. The average Bonchev–Trinajstić information content (AvgIpc) is 2.28. The second kappa shape index (κ2) is 6.67. The van der Waals surface area contributed by atoms with Gasteiger partial charge in [-0.25, -0.2) is 0 Å². The van der Waals surface area contributed by atoms with Gasteiger partial charge in [0.2, 0.25) is 0 Å². The molecule has 90 valence electrons. The molecule has 0 bridgehead atoms. The van der Waals surface area contributed by atoms with Gasteiger partial charge in [0.15, 0.2) is 0 Å². The van der Waals surface area contributed by atoms with Crippen LogP contribution in [0.3, 0.4) is 0 Å². The normalized spacial score (nSPS) is 12.8. The molecule has 1 aromatic carbocycles. The second-order valence-corrected chi connectivity index (χ2v) is 4.93. The van der Waals surface area contributed by atoms with Crippen molar-refractivity contribution < 1.29 is 5.11 Å². The van der Waals surface area contributed by atoms with Crippen LogP contribution in [0.4, 0.5) is 0 Å². The molecule has 1 atom stereocenters. The number of benzene rings is 1. The smallest absolute Gasteiger partial charge is 0.0652 e. The molecule has 0 aliphatic carbocycles. The van der Waals surface area contributed by atoms with Gasteiger partial charge in [0, 0.05) is 30.3 Å². The van der Waals surface area contributed by atoms with Crippen molar-refractivity contribution in [2.75, 3.05) is 13.2 Å². The van der Waals surface area contributed by atoms with E-state index in [0.717, 1.165) is 5.56 Å². The minimum absolute atomic E-state index is 0.157. The van der Waals surface area contributed by atoms with E-state index in [9.17, 15) is 0 Å². The summed E-state index contributed by atoms with van der Waals surface area (Å²) in [7, 11) is 0. The van der Waals surface area contributed by atoms with Crippen LogP contribution in [0.15, 0.2) is 12.1 Å². The zero-order valence-electron chi connectivity index (χ0n) is 8.93. The Morgan fingerprint density at radius 2 is 1.88 bits per heavy atom. The van der Waals surface area contributed by atoms with Gasteiger partial charge in [-0.05, 0) is 18.1 Å². The molecular weight excluding hydrogens is 268 g/mol. The van der Waals surface area contributed by atoms with Gasteiger partial charge in [0.05, 0.1) is 10.0 Å². The minimum Gasteiger partial charge on any atom is -0.396 e. The van der Waals surface area contributed by atoms with Crippen molar-refractivity contribution in [3.05, 3.63) is 32.8 Å². The predicted molar refractivity (Wildman–Crippen MR) is 69.4 cm³/mol. The molecule has 1 unspecified atom stereocenters. The lowest BCUT2D eigenvalue weighted by Crippen LogP contribution is -2.23. The largest absolute Gasteiger partial charge is 0.396 e. The molecule has 0 aromatic heterocycles. The third kappa shape index (κ3) is 3.79. The summed E-state index contributed by atoms with van der Waals surface area (Å²) in [6, 6.07) is 3.40. The van der Waals surface area contributed by atoms with Crippen LogP contribution in [-0.2, 0) is 6.54 Å². The molecule has 0 spiro atoms. The topological polar surface area (TPSA) is 32.3 Å². The maximum absolute atomic E-state index is 8.87. The van der Waals surface area contributed by atoms with Gasteiger partial charge in [0.25, 0.3) is 0 Å². The minimum atomic E-state index is 0.157. The summed E-state index contributed by atoms with van der Waals surface area (Å²) < 4.78 is 0. The fraction of sp³-hybridized carbons (Fsp3) is 0.455. The molecule has 0 aliphatic heterocycles. The van der Waals surface area contributed by atoms with Gasteiger partial charge in [-0.2, -0.15) is 0 Å². The van der Waals surface area contributed by atoms with Crippen LogP contribution in [0, 0.1) is 5.92 Å². The summed E-state index contributed by atoms with van der Waals surface area (Å²) in [6.07, 6.45) is 0. The molecule has 0 fully saturated rings. The van der Waals surface area contributed by atoms with E-state index in [2.05, 4.69) is 5.32 Å². The SMILES string of the molecule is CC(CO)CNCc1c(Cl)ccc(Cl)c1Cl. The lowest BCUT2D eigenvalue weighted by Gasteiger charge is -2.12. The third-order valence-electron chi connectivity index (χ3n) is 2.25. The van der Waals surface area contributed by atoms with Crippen molar-refractivity contribution in [1.82, 2.24) is 5.32 Å². The van der Waals surface area contributed by atoms with E-state index in [-0.39, 0.29) is 12.5 Å². The fourth-order valence-corrected chi connectivity index (χ4v) is 1.92. The molecule has 0 aliphatic rings. The monoisotopic (exact) mass is 281 g/mol. The molecule has 1 rings (SSSR count). The zero-order valence-corrected chi connectivity index (χ0v) is 11.2. The Morgan fingerprint density at radius 1 is 1.25 bits per heavy atom. The van der Waals surface area contributed by atoms with E-state index in [1.165, 1.54) is 0 Å². The van der Waals surface area contributed by atoms with Crippen molar-refractivity contribution in [3.8, 4) is 0 Å². The standard InChI is InChI=1S/C11H14Cl3NO/c1-7(6-16)4-15-5-8-9(12)2-3-10(13)11(8)14/h2-3,7,15-16H,4-6H2,1H3. The molecule has 0 saturated carbocycles. The highest BCUT2D eigenvalue weighted by molar-refractivity contribution is 6.44. The quantitative estimate of drug-likeness (QED) is 0.812. The molecule has 2 nitrogen and oxygen atoms in total. The van der Waals surface area contributed by atoms with Crippen molar-refractivity contribution in [1.29, 1.82) is 0 Å². The van der Waals surface area contributed by atoms with Gasteiger partial charge in [-0.3, -0.25) is 0 Å². The summed E-state index contributed by atoms with van der Waals surface area (Å²) in [5.74, 6) is 0.205.